The van der Waals surface area contributed by atoms with Crippen LogP contribution in [0.1, 0.15) is 31.9 Å². The van der Waals surface area contributed by atoms with Gasteiger partial charge in [-0.25, -0.2) is 4.79 Å². The van der Waals surface area contributed by atoms with Gasteiger partial charge >= 0.3 is 5.97 Å². The highest BCUT2D eigenvalue weighted by molar-refractivity contribution is 9.10. The lowest BCUT2D eigenvalue weighted by atomic mass is 10.1. The third-order valence-electron chi connectivity index (χ3n) is 2.81. The monoisotopic (exact) mass is 369 g/mol. The van der Waals surface area contributed by atoms with Crippen molar-refractivity contribution in [3.63, 3.8) is 0 Å². The normalized spacial score (nSPS) is 11.0. The minimum absolute atomic E-state index is 0.108. The van der Waals surface area contributed by atoms with Crippen molar-refractivity contribution in [2.75, 3.05) is 18.5 Å². The molecule has 1 aromatic carbocycles. The van der Waals surface area contributed by atoms with Crippen LogP contribution in [0.25, 0.3) is 6.08 Å². The fraction of sp³-hybridized carbons (Fsp3) is 0.375. The SMILES string of the molecule is CCOC(=O)/C(=C/c1c(NC(C)=O)ccc(Br)c1C)OCC. The predicted molar refractivity (Wildman–Crippen MR) is 89.4 cm³/mol. The molecule has 6 heteroatoms. The van der Waals surface area contributed by atoms with E-state index in [1.807, 2.05) is 13.0 Å². The van der Waals surface area contributed by atoms with Gasteiger partial charge in [0, 0.05) is 22.6 Å². The molecule has 0 aliphatic rings. The van der Waals surface area contributed by atoms with Gasteiger partial charge in [-0.3, -0.25) is 4.79 Å². The number of benzene rings is 1. The molecule has 1 amide bonds. The summed E-state index contributed by atoms with van der Waals surface area (Å²) in [6.07, 6.45) is 1.59. The number of rotatable bonds is 6. The topological polar surface area (TPSA) is 64.6 Å². The maximum Gasteiger partial charge on any atom is 0.373 e. The first-order valence-corrected chi connectivity index (χ1v) is 7.78. The number of nitrogens with one attached hydrogen (secondary N) is 1. The average Bonchev–Trinajstić information content (AvgIpc) is 2.45. The summed E-state index contributed by atoms with van der Waals surface area (Å²) in [5, 5.41) is 2.75. The van der Waals surface area contributed by atoms with Gasteiger partial charge in [0.05, 0.1) is 13.2 Å². The second-order valence-electron chi connectivity index (χ2n) is 4.48. The molecular formula is C16H20BrNO4. The predicted octanol–water partition coefficient (Wildman–Crippen LogP) is 3.66. The number of esters is 1. The third kappa shape index (κ3) is 4.87. The molecule has 0 heterocycles. The molecule has 0 saturated heterocycles. The first-order chi connectivity index (χ1) is 10.4. The highest BCUT2D eigenvalue weighted by atomic mass is 79.9. The van der Waals surface area contributed by atoms with E-state index in [-0.39, 0.29) is 18.3 Å². The van der Waals surface area contributed by atoms with Crippen LogP contribution in [-0.2, 0) is 19.1 Å². The van der Waals surface area contributed by atoms with Gasteiger partial charge in [0.25, 0.3) is 0 Å². The molecule has 120 valence electrons. The molecule has 0 radical (unpaired) electrons. The van der Waals surface area contributed by atoms with E-state index in [9.17, 15) is 9.59 Å². The molecule has 0 bridgehead atoms. The summed E-state index contributed by atoms with van der Waals surface area (Å²) in [6, 6.07) is 3.60. The molecule has 0 unspecified atom stereocenters. The van der Waals surface area contributed by atoms with E-state index in [2.05, 4.69) is 21.2 Å². The molecule has 1 rings (SSSR count). The molecule has 0 spiro atoms. The van der Waals surface area contributed by atoms with E-state index >= 15 is 0 Å². The van der Waals surface area contributed by atoms with Crippen LogP contribution in [0.4, 0.5) is 5.69 Å². The van der Waals surface area contributed by atoms with Gasteiger partial charge in [-0.05, 0) is 44.5 Å². The Kier molecular flexibility index (Phi) is 7.11. The second kappa shape index (κ2) is 8.58. The summed E-state index contributed by atoms with van der Waals surface area (Å²) in [4.78, 5) is 23.3. The number of hydrogen-bond acceptors (Lipinski definition) is 4. The molecule has 1 N–H and O–H groups in total. The lowest BCUT2D eigenvalue weighted by Gasteiger charge is -2.13. The highest BCUT2D eigenvalue weighted by Gasteiger charge is 2.15. The van der Waals surface area contributed by atoms with Gasteiger partial charge in [0.1, 0.15) is 0 Å². The van der Waals surface area contributed by atoms with Crippen molar-refractivity contribution in [3.8, 4) is 0 Å². The Morgan fingerprint density at radius 3 is 2.41 bits per heavy atom. The lowest BCUT2D eigenvalue weighted by Crippen LogP contribution is -2.12. The lowest BCUT2D eigenvalue weighted by molar-refractivity contribution is -0.142. The molecule has 5 nitrogen and oxygen atoms in total. The van der Waals surface area contributed by atoms with Crippen LogP contribution in [0.5, 0.6) is 0 Å². The Morgan fingerprint density at radius 1 is 1.23 bits per heavy atom. The van der Waals surface area contributed by atoms with Crippen LogP contribution in [0.15, 0.2) is 22.4 Å². The van der Waals surface area contributed by atoms with Crippen LogP contribution in [-0.4, -0.2) is 25.1 Å². The summed E-state index contributed by atoms with van der Waals surface area (Å²) in [7, 11) is 0. The molecule has 0 aliphatic heterocycles. The zero-order valence-corrected chi connectivity index (χ0v) is 14.7. The number of carbonyl (C=O) groups is 2. The number of carbonyl (C=O) groups excluding carboxylic acids is 2. The molecule has 0 fully saturated rings. The van der Waals surface area contributed by atoms with Crippen molar-refractivity contribution >= 4 is 39.6 Å². The van der Waals surface area contributed by atoms with Gasteiger partial charge in [-0.1, -0.05) is 15.9 Å². The van der Waals surface area contributed by atoms with Crippen molar-refractivity contribution in [1.82, 2.24) is 0 Å². The van der Waals surface area contributed by atoms with Crippen molar-refractivity contribution < 1.29 is 19.1 Å². The third-order valence-corrected chi connectivity index (χ3v) is 3.67. The first-order valence-electron chi connectivity index (χ1n) is 6.99. The van der Waals surface area contributed by atoms with Gasteiger partial charge in [-0.2, -0.15) is 0 Å². The quantitative estimate of drug-likeness (QED) is 0.472. The van der Waals surface area contributed by atoms with Crippen LogP contribution < -0.4 is 5.32 Å². The van der Waals surface area contributed by atoms with E-state index in [1.165, 1.54) is 6.92 Å². The van der Waals surface area contributed by atoms with Crippen molar-refractivity contribution in [2.24, 2.45) is 0 Å². The van der Waals surface area contributed by atoms with E-state index in [0.717, 1.165) is 10.0 Å². The molecule has 0 aromatic heterocycles. The highest BCUT2D eigenvalue weighted by Crippen LogP contribution is 2.29. The van der Waals surface area contributed by atoms with Crippen molar-refractivity contribution in [3.05, 3.63) is 33.5 Å². The summed E-state index contributed by atoms with van der Waals surface area (Å²) in [5.41, 5.74) is 2.18. The number of amides is 1. The molecule has 0 atom stereocenters. The summed E-state index contributed by atoms with van der Waals surface area (Å²) >= 11 is 3.44. The van der Waals surface area contributed by atoms with Gasteiger partial charge in [0.15, 0.2) is 0 Å². The largest absolute Gasteiger partial charge is 0.487 e. The summed E-state index contributed by atoms with van der Waals surface area (Å²) in [6.45, 7) is 7.44. The summed E-state index contributed by atoms with van der Waals surface area (Å²) in [5.74, 6) is -0.611. The van der Waals surface area contributed by atoms with Crippen LogP contribution in [0, 0.1) is 6.92 Å². The maximum absolute atomic E-state index is 12.0. The smallest absolute Gasteiger partial charge is 0.373 e. The molecule has 1 aromatic rings. The van der Waals surface area contributed by atoms with Gasteiger partial charge < -0.3 is 14.8 Å². The Morgan fingerprint density at radius 2 is 1.86 bits per heavy atom. The number of ether oxygens (including phenoxy) is 2. The first kappa shape index (κ1) is 18.2. The number of anilines is 1. The van der Waals surface area contributed by atoms with E-state index < -0.39 is 5.97 Å². The average molecular weight is 370 g/mol. The van der Waals surface area contributed by atoms with E-state index in [1.54, 1.807) is 26.0 Å². The molecule has 0 saturated carbocycles. The van der Waals surface area contributed by atoms with Crippen LogP contribution >= 0.6 is 15.9 Å². The second-order valence-corrected chi connectivity index (χ2v) is 5.33. The van der Waals surface area contributed by atoms with Gasteiger partial charge in [0.2, 0.25) is 11.7 Å². The fourth-order valence-electron chi connectivity index (χ4n) is 1.83. The minimum Gasteiger partial charge on any atom is -0.487 e. The zero-order chi connectivity index (χ0) is 16.7. The maximum atomic E-state index is 12.0. The Hall–Kier alpha value is -1.82. The zero-order valence-electron chi connectivity index (χ0n) is 13.2. The van der Waals surface area contributed by atoms with Gasteiger partial charge in [-0.15, -0.1) is 0 Å². The Balaban J connectivity index is 3.36. The van der Waals surface area contributed by atoms with E-state index in [4.69, 9.17) is 9.47 Å². The summed E-state index contributed by atoms with van der Waals surface area (Å²) < 4.78 is 11.2. The van der Waals surface area contributed by atoms with Crippen LogP contribution in [0.2, 0.25) is 0 Å². The molecule has 0 aliphatic carbocycles. The molecule has 22 heavy (non-hydrogen) atoms. The van der Waals surface area contributed by atoms with Crippen molar-refractivity contribution in [1.29, 1.82) is 0 Å². The Bertz CT molecular complexity index is 596. The number of halogens is 1. The fourth-order valence-corrected chi connectivity index (χ4v) is 2.18. The standard InChI is InChI=1S/C16H20BrNO4/c1-5-21-15(16(20)22-6-2)9-12-10(3)13(17)7-8-14(12)18-11(4)19/h7-9H,5-6H2,1-4H3,(H,18,19)/b15-9-. The van der Waals surface area contributed by atoms with Crippen molar-refractivity contribution in [2.45, 2.75) is 27.7 Å². The van der Waals surface area contributed by atoms with E-state index in [0.29, 0.717) is 17.9 Å². The van der Waals surface area contributed by atoms with Crippen LogP contribution in [0.3, 0.4) is 0 Å². The number of hydrogen-bond donors (Lipinski definition) is 1. The Labute approximate surface area is 138 Å². The minimum atomic E-state index is -0.530. The molecular weight excluding hydrogens is 350 g/mol.